The number of rotatable bonds is 1. The molecule has 1 rings (SSSR count). The lowest BCUT2D eigenvalue weighted by molar-refractivity contribution is 1.44. The van der Waals surface area contributed by atoms with Gasteiger partial charge in [-0.05, 0) is 11.6 Å². The monoisotopic (exact) mass is 303 g/mol. The lowest BCUT2D eigenvalue weighted by atomic mass is 10.2. The van der Waals surface area contributed by atoms with E-state index in [9.17, 15) is 0 Å². The number of nitrogen functional groups attached to an aromatic ring is 1. The van der Waals surface area contributed by atoms with E-state index in [1.165, 1.54) is 0 Å². The fourth-order valence-corrected chi connectivity index (χ4v) is 1.17. The second-order valence-corrected chi connectivity index (χ2v) is 4.62. The number of hydrogen-bond acceptors (Lipinski definition) is 1. The first-order chi connectivity index (χ1) is 6.07. The van der Waals surface area contributed by atoms with Gasteiger partial charge in [0.1, 0.15) is 0 Å². The predicted molar refractivity (Wildman–Crippen MR) is 64.8 cm³/mol. The molecule has 0 aliphatic carbocycles. The Hall–Kier alpha value is 0.370. The summed E-state index contributed by atoms with van der Waals surface area (Å²) in [5.41, 5.74) is 7.61. The third-order valence-corrected chi connectivity index (χ3v) is 1.80. The van der Waals surface area contributed by atoms with E-state index in [1.54, 1.807) is 0 Å². The summed E-state index contributed by atoms with van der Waals surface area (Å²) in [6.07, 6.45) is 0. The number of nitrogens with two attached hydrogens (primary N) is 1. The normalized spacial score (nSPS) is 9.31. The Balaban J connectivity index is 0.000000310. The minimum absolute atomic E-state index is 0.750. The van der Waals surface area contributed by atoms with Crippen molar-refractivity contribution in [1.29, 1.82) is 0 Å². The van der Waals surface area contributed by atoms with Crippen molar-refractivity contribution in [3.05, 3.63) is 29.8 Å². The molecule has 0 fully saturated rings. The predicted octanol–water partition coefficient (Wildman–Crippen LogP) is 4.15. The Bertz CT molecular complexity index is 240. The third kappa shape index (κ3) is 7.44. The van der Waals surface area contributed by atoms with Crippen molar-refractivity contribution in [2.24, 2.45) is 0 Å². The summed E-state index contributed by atoms with van der Waals surface area (Å²) >= 11 is 17.7. The Kier molecular flexibility index (Phi) is 7.96. The largest absolute Gasteiger partial charge is 0.398 e. The molecule has 1 aromatic rings. The number of halogens is 4. The summed E-state index contributed by atoms with van der Waals surface area (Å²) in [5.74, 6) is 0. The molecule has 1 aromatic carbocycles. The maximum absolute atomic E-state index is 5.60. The summed E-state index contributed by atoms with van der Waals surface area (Å²) in [6, 6.07) is 7.81. The summed E-state index contributed by atoms with van der Waals surface area (Å²) in [4.78, 5) is 0. The van der Waals surface area contributed by atoms with Gasteiger partial charge in [0.05, 0.1) is 0 Å². The molecule has 0 amide bonds. The highest BCUT2D eigenvalue weighted by atomic mass is 79.9. The molecule has 0 spiro atoms. The smallest absolute Gasteiger partial charge is 0.180 e. The third-order valence-electron chi connectivity index (χ3n) is 1.20. The van der Waals surface area contributed by atoms with Crippen molar-refractivity contribution in [2.45, 2.75) is 9.63 Å². The molecular weight excluding hydrogens is 296 g/mol. The van der Waals surface area contributed by atoms with Gasteiger partial charge in [-0.15, -0.1) is 0 Å². The molecule has 74 valence electrons. The van der Waals surface area contributed by atoms with Gasteiger partial charge < -0.3 is 5.73 Å². The van der Waals surface area contributed by atoms with Crippen LogP contribution in [0.25, 0.3) is 0 Å². The zero-order valence-electron chi connectivity index (χ0n) is 6.68. The van der Waals surface area contributed by atoms with Crippen LogP contribution in [0.3, 0.4) is 0 Å². The highest BCUT2D eigenvalue weighted by molar-refractivity contribution is 9.08. The second-order valence-electron chi connectivity index (χ2n) is 2.08. The Labute approximate surface area is 101 Å². The molecule has 0 saturated heterocycles. The van der Waals surface area contributed by atoms with Gasteiger partial charge in [0, 0.05) is 11.0 Å². The highest BCUT2D eigenvalue weighted by Crippen LogP contribution is 2.12. The lowest BCUT2D eigenvalue weighted by Crippen LogP contribution is -1.89. The van der Waals surface area contributed by atoms with Crippen LogP contribution < -0.4 is 5.73 Å². The van der Waals surface area contributed by atoms with Crippen molar-refractivity contribution in [1.82, 2.24) is 0 Å². The van der Waals surface area contributed by atoms with Gasteiger partial charge in [-0.2, -0.15) is 0 Å². The van der Waals surface area contributed by atoms with Crippen molar-refractivity contribution in [3.8, 4) is 0 Å². The van der Waals surface area contributed by atoms with Crippen LogP contribution in [0.5, 0.6) is 0 Å². The molecule has 2 N–H and O–H groups in total. The van der Waals surface area contributed by atoms with Crippen molar-refractivity contribution in [2.75, 3.05) is 5.73 Å². The van der Waals surface area contributed by atoms with E-state index in [4.69, 9.17) is 40.5 Å². The minimum atomic E-state index is -0.750. The van der Waals surface area contributed by atoms with Crippen molar-refractivity contribution < 1.29 is 0 Å². The average Bonchev–Trinajstić information content (AvgIpc) is 2.04. The molecule has 0 bridgehead atoms. The highest BCUT2D eigenvalue weighted by Gasteiger charge is 1.91. The summed E-state index contributed by atoms with van der Waals surface area (Å²) in [7, 11) is 0. The lowest BCUT2D eigenvalue weighted by Gasteiger charge is -1.97. The van der Waals surface area contributed by atoms with Gasteiger partial charge in [0.2, 0.25) is 0 Å². The maximum atomic E-state index is 5.60. The van der Waals surface area contributed by atoms with E-state index in [0.717, 1.165) is 16.6 Å². The standard InChI is InChI=1S/C7H8BrN.CHCl3/c8-5-6-3-1-2-4-7(6)9;2-1(3)4/h1-4H,5,9H2;1H. The van der Waals surface area contributed by atoms with Crippen LogP contribution >= 0.6 is 50.7 Å². The van der Waals surface area contributed by atoms with Crippen molar-refractivity contribution >= 4 is 56.4 Å². The van der Waals surface area contributed by atoms with E-state index in [1.807, 2.05) is 24.3 Å². The Morgan fingerprint density at radius 3 is 2.00 bits per heavy atom. The molecule has 0 unspecified atom stereocenters. The van der Waals surface area contributed by atoms with E-state index < -0.39 is 4.30 Å². The fourth-order valence-electron chi connectivity index (χ4n) is 0.656. The van der Waals surface area contributed by atoms with E-state index in [0.29, 0.717) is 0 Å². The van der Waals surface area contributed by atoms with Crippen LogP contribution in [0.2, 0.25) is 0 Å². The minimum Gasteiger partial charge on any atom is -0.398 e. The van der Waals surface area contributed by atoms with Gasteiger partial charge >= 0.3 is 0 Å². The van der Waals surface area contributed by atoms with E-state index >= 15 is 0 Å². The number of alkyl halides is 4. The zero-order chi connectivity index (χ0) is 10.3. The topological polar surface area (TPSA) is 26.0 Å². The first-order valence-electron chi connectivity index (χ1n) is 3.39. The SMILES string of the molecule is ClC(Cl)Cl.Nc1ccccc1CBr. The number of hydrogen-bond donors (Lipinski definition) is 1. The van der Waals surface area contributed by atoms with Gasteiger partial charge in [-0.3, -0.25) is 0 Å². The molecule has 0 aromatic heterocycles. The van der Waals surface area contributed by atoms with E-state index in [-0.39, 0.29) is 0 Å². The fraction of sp³-hybridized carbons (Fsp3) is 0.250. The second kappa shape index (κ2) is 7.74. The Morgan fingerprint density at radius 2 is 1.69 bits per heavy atom. The first-order valence-corrected chi connectivity index (χ1v) is 5.82. The van der Waals surface area contributed by atoms with Crippen LogP contribution in [-0.4, -0.2) is 4.30 Å². The first kappa shape index (κ1) is 13.4. The molecule has 1 nitrogen and oxygen atoms in total. The number of anilines is 1. The molecule has 0 aliphatic rings. The summed E-state index contributed by atoms with van der Waals surface area (Å²) in [5, 5.41) is 0.833. The van der Waals surface area contributed by atoms with Gasteiger partial charge in [-0.25, -0.2) is 0 Å². The molecular formula is C8H9BrCl3N. The molecule has 13 heavy (non-hydrogen) atoms. The van der Waals surface area contributed by atoms with Crippen LogP contribution in [-0.2, 0) is 5.33 Å². The summed E-state index contributed by atoms with van der Waals surface area (Å²) in [6.45, 7) is 0. The van der Waals surface area contributed by atoms with E-state index in [2.05, 4.69) is 15.9 Å². The Morgan fingerprint density at radius 1 is 1.23 bits per heavy atom. The molecule has 0 heterocycles. The van der Waals surface area contributed by atoms with Gasteiger partial charge in [0.15, 0.2) is 4.30 Å². The van der Waals surface area contributed by atoms with Crippen LogP contribution in [0, 0.1) is 0 Å². The maximum Gasteiger partial charge on any atom is 0.180 e. The van der Waals surface area contributed by atoms with Crippen LogP contribution in [0.15, 0.2) is 24.3 Å². The van der Waals surface area contributed by atoms with Gasteiger partial charge in [0.25, 0.3) is 0 Å². The van der Waals surface area contributed by atoms with Gasteiger partial charge in [-0.1, -0.05) is 68.9 Å². The number of benzene rings is 1. The molecule has 5 heteroatoms. The molecule has 0 saturated carbocycles. The quantitative estimate of drug-likeness (QED) is 0.612. The molecule has 0 aliphatic heterocycles. The van der Waals surface area contributed by atoms with Crippen LogP contribution in [0.4, 0.5) is 5.69 Å². The van der Waals surface area contributed by atoms with Crippen molar-refractivity contribution in [3.63, 3.8) is 0 Å². The zero-order valence-corrected chi connectivity index (χ0v) is 10.5. The molecule has 0 atom stereocenters. The number of para-hydroxylation sites is 1. The summed E-state index contributed by atoms with van der Waals surface area (Å²) < 4.78 is -0.750. The van der Waals surface area contributed by atoms with Crippen LogP contribution in [0.1, 0.15) is 5.56 Å². The molecule has 0 radical (unpaired) electrons. The average molecular weight is 305 g/mol.